The molecule has 7 heteroatoms. The van der Waals surface area contributed by atoms with Gasteiger partial charge in [0.1, 0.15) is 25.0 Å². The number of amides is 1. The molecule has 3 aromatic rings. The topological polar surface area (TPSA) is 90.9 Å². The van der Waals surface area contributed by atoms with Crippen LogP contribution in [0.4, 0.5) is 4.79 Å². The van der Waals surface area contributed by atoms with E-state index in [2.05, 4.69) is 5.32 Å². The van der Waals surface area contributed by atoms with Crippen LogP contribution in [0.2, 0.25) is 0 Å². The van der Waals surface area contributed by atoms with Gasteiger partial charge in [-0.25, -0.2) is 9.59 Å². The molecule has 0 saturated heterocycles. The molecule has 0 spiro atoms. The Hall–Kier alpha value is -4.13. The Morgan fingerprint density at radius 2 is 1.38 bits per heavy atom. The number of ketones is 1. The zero-order chi connectivity index (χ0) is 24.2. The highest BCUT2D eigenvalue weighted by Crippen LogP contribution is 2.16. The smallest absolute Gasteiger partial charge is 0.408 e. The third kappa shape index (κ3) is 7.78. The molecule has 1 atom stereocenters. The molecule has 3 rings (SSSR count). The van der Waals surface area contributed by atoms with Crippen LogP contribution in [0, 0.1) is 0 Å². The second-order valence-electron chi connectivity index (χ2n) is 7.54. The number of alkyl carbamates (subject to hydrolysis) is 1. The average molecular weight is 462 g/mol. The van der Waals surface area contributed by atoms with Crippen molar-refractivity contribution in [3.05, 3.63) is 102 Å². The fourth-order valence-electron chi connectivity index (χ4n) is 3.20. The van der Waals surface area contributed by atoms with Gasteiger partial charge in [-0.05, 0) is 41.8 Å². The van der Waals surface area contributed by atoms with E-state index in [1.165, 1.54) is 7.11 Å². The molecule has 0 saturated carbocycles. The van der Waals surface area contributed by atoms with E-state index in [0.29, 0.717) is 17.9 Å². The highest BCUT2D eigenvalue weighted by atomic mass is 16.6. The lowest BCUT2D eigenvalue weighted by molar-refractivity contribution is -0.143. The number of benzene rings is 3. The minimum Gasteiger partial charge on any atom is -0.489 e. The molecular weight excluding hydrogens is 434 g/mol. The minimum absolute atomic E-state index is 0.0446. The van der Waals surface area contributed by atoms with Crippen LogP contribution in [-0.4, -0.2) is 31.0 Å². The summed E-state index contributed by atoms with van der Waals surface area (Å²) in [6.45, 7) is 0.499. The first kappa shape index (κ1) is 24.5. The summed E-state index contributed by atoms with van der Waals surface area (Å²) in [6.07, 6.45) is -0.632. The van der Waals surface area contributed by atoms with E-state index in [1.807, 2.05) is 60.7 Å². The van der Waals surface area contributed by atoms with E-state index >= 15 is 0 Å². The second kappa shape index (κ2) is 12.8. The van der Waals surface area contributed by atoms with Gasteiger partial charge in [0.15, 0.2) is 5.78 Å². The number of carbonyl (C=O) groups is 3. The van der Waals surface area contributed by atoms with Gasteiger partial charge in [0.2, 0.25) is 0 Å². The van der Waals surface area contributed by atoms with Crippen LogP contribution in [0.1, 0.15) is 34.3 Å². The molecule has 0 fully saturated rings. The van der Waals surface area contributed by atoms with Crippen LogP contribution in [0.25, 0.3) is 0 Å². The standard InChI is InChI=1S/C27H27NO6/c1-32-26(30)24(28-27(31)34-19-21-10-6-3-7-11-21)16-17-25(29)22-12-14-23(15-13-22)33-18-20-8-4-2-5-9-20/h2-15,24H,16-19H2,1H3,(H,28,31). The molecule has 0 aromatic heterocycles. The zero-order valence-corrected chi connectivity index (χ0v) is 18.9. The van der Waals surface area contributed by atoms with Crippen LogP contribution in [0.5, 0.6) is 5.75 Å². The fraction of sp³-hybridized carbons (Fsp3) is 0.222. The van der Waals surface area contributed by atoms with E-state index < -0.39 is 18.1 Å². The summed E-state index contributed by atoms with van der Waals surface area (Å²) in [5, 5.41) is 2.48. The van der Waals surface area contributed by atoms with Crippen molar-refractivity contribution in [2.45, 2.75) is 32.1 Å². The molecule has 0 bridgehead atoms. The number of methoxy groups -OCH3 is 1. The normalized spacial score (nSPS) is 11.2. The predicted octanol–water partition coefficient (Wildman–Crippen LogP) is 4.70. The number of carbonyl (C=O) groups excluding carboxylic acids is 3. The Morgan fingerprint density at radius 1 is 0.794 bits per heavy atom. The van der Waals surface area contributed by atoms with E-state index in [0.717, 1.165) is 11.1 Å². The maximum Gasteiger partial charge on any atom is 0.408 e. The molecule has 1 amide bonds. The van der Waals surface area contributed by atoms with E-state index in [-0.39, 0.29) is 25.2 Å². The maximum atomic E-state index is 12.6. The van der Waals surface area contributed by atoms with Crippen molar-refractivity contribution < 1.29 is 28.6 Å². The largest absolute Gasteiger partial charge is 0.489 e. The summed E-state index contributed by atoms with van der Waals surface area (Å²) >= 11 is 0. The van der Waals surface area contributed by atoms with E-state index in [9.17, 15) is 14.4 Å². The van der Waals surface area contributed by atoms with Crippen molar-refractivity contribution in [2.24, 2.45) is 0 Å². The SMILES string of the molecule is COC(=O)C(CCC(=O)c1ccc(OCc2ccccc2)cc1)NC(=O)OCc1ccccc1. The Balaban J connectivity index is 1.48. The van der Waals surface area contributed by atoms with Crippen LogP contribution in [-0.2, 0) is 27.5 Å². The molecule has 1 N–H and O–H groups in total. The quantitative estimate of drug-likeness (QED) is 0.329. The maximum absolute atomic E-state index is 12.6. The Labute approximate surface area is 198 Å². The number of ether oxygens (including phenoxy) is 3. The fourth-order valence-corrected chi connectivity index (χ4v) is 3.20. The molecule has 1 unspecified atom stereocenters. The van der Waals surface area contributed by atoms with Gasteiger partial charge < -0.3 is 19.5 Å². The van der Waals surface area contributed by atoms with Crippen LogP contribution < -0.4 is 10.1 Å². The van der Waals surface area contributed by atoms with Crippen molar-refractivity contribution in [1.82, 2.24) is 5.32 Å². The monoisotopic (exact) mass is 461 g/mol. The number of esters is 1. The predicted molar refractivity (Wildman–Crippen MR) is 126 cm³/mol. The molecule has 7 nitrogen and oxygen atoms in total. The van der Waals surface area contributed by atoms with Crippen molar-refractivity contribution in [2.75, 3.05) is 7.11 Å². The van der Waals surface area contributed by atoms with Gasteiger partial charge in [0.25, 0.3) is 0 Å². The molecule has 0 heterocycles. The van der Waals surface area contributed by atoms with E-state index in [4.69, 9.17) is 14.2 Å². The summed E-state index contributed by atoms with van der Waals surface area (Å²) in [6, 6.07) is 24.8. The first-order valence-corrected chi connectivity index (χ1v) is 10.9. The molecule has 0 aliphatic rings. The highest BCUT2D eigenvalue weighted by molar-refractivity contribution is 5.96. The molecular formula is C27H27NO6. The van der Waals surface area contributed by atoms with E-state index in [1.54, 1.807) is 24.3 Å². The minimum atomic E-state index is -0.995. The van der Waals surface area contributed by atoms with Gasteiger partial charge in [0.05, 0.1) is 7.11 Å². The van der Waals surface area contributed by atoms with Gasteiger partial charge in [-0.3, -0.25) is 4.79 Å². The summed E-state index contributed by atoms with van der Waals surface area (Å²) in [5.41, 5.74) is 2.35. The van der Waals surface area contributed by atoms with Gasteiger partial charge in [0, 0.05) is 12.0 Å². The molecule has 0 aliphatic carbocycles. The number of rotatable bonds is 11. The lowest BCUT2D eigenvalue weighted by Crippen LogP contribution is -2.42. The van der Waals surface area contributed by atoms with Gasteiger partial charge in [-0.2, -0.15) is 0 Å². The van der Waals surface area contributed by atoms with Gasteiger partial charge in [-0.1, -0.05) is 60.7 Å². The van der Waals surface area contributed by atoms with Crippen LogP contribution >= 0.6 is 0 Å². The molecule has 0 aliphatic heterocycles. The summed E-state index contributed by atoms with van der Waals surface area (Å²) in [7, 11) is 1.22. The van der Waals surface area contributed by atoms with Crippen molar-refractivity contribution in [3.8, 4) is 5.75 Å². The third-order valence-electron chi connectivity index (χ3n) is 5.08. The number of Topliss-reactive ketones (excluding diaryl/α,β-unsaturated/α-hetero) is 1. The summed E-state index contributed by atoms with van der Waals surface area (Å²) in [4.78, 5) is 36.8. The molecule has 0 radical (unpaired) electrons. The Kier molecular flexibility index (Phi) is 9.22. The third-order valence-corrected chi connectivity index (χ3v) is 5.08. The Bertz CT molecular complexity index is 1070. The zero-order valence-electron chi connectivity index (χ0n) is 18.9. The molecule has 176 valence electrons. The van der Waals surface area contributed by atoms with Crippen LogP contribution in [0.15, 0.2) is 84.9 Å². The lowest BCUT2D eigenvalue weighted by Gasteiger charge is -2.16. The lowest BCUT2D eigenvalue weighted by atomic mass is 10.0. The second-order valence-corrected chi connectivity index (χ2v) is 7.54. The first-order valence-electron chi connectivity index (χ1n) is 10.9. The van der Waals surface area contributed by atoms with Crippen molar-refractivity contribution >= 4 is 17.8 Å². The van der Waals surface area contributed by atoms with Gasteiger partial charge >= 0.3 is 12.1 Å². The van der Waals surface area contributed by atoms with Crippen LogP contribution in [0.3, 0.4) is 0 Å². The summed E-state index contributed by atoms with van der Waals surface area (Å²) < 4.78 is 15.6. The average Bonchev–Trinajstić information content (AvgIpc) is 2.89. The summed E-state index contributed by atoms with van der Waals surface area (Å²) in [5.74, 6) is -0.159. The molecule has 3 aromatic carbocycles. The van der Waals surface area contributed by atoms with Crippen molar-refractivity contribution in [1.29, 1.82) is 0 Å². The van der Waals surface area contributed by atoms with Gasteiger partial charge in [-0.15, -0.1) is 0 Å². The molecule has 34 heavy (non-hydrogen) atoms. The number of hydrogen-bond donors (Lipinski definition) is 1. The number of nitrogens with one attached hydrogen (secondary N) is 1. The first-order chi connectivity index (χ1) is 16.5. The Morgan fingerprint density at radius 3 is 1.97 bits per heavy atom. The highest BCUT2D eigenvalue weighted by Gasteiger charge is 2.23. The van der Waals surface area contributed by atoms with Crippen molar-refractivity contribution in [3.63, 3.8) is 0 Å². The number of hydrogen-bond acceptors (Lipinski definition) is 6.